The summed E-state index contributed by atoms with van der Waals surface area (Å²) in [6, 6.07) is 0.676. The van der Waals surface area contributed by atoms with E-state index in [0.29, 0.717) is 12.1 Å². The molecule has 1 aromatic rings. The molecule has 0 aromatic carbocycles. The van der Waals surface area contributed by atoms with E-state index in [1.165, 1.54) is 23.4 Å². The molecule has 1 aromatic heterocycles. The molecule has 112 valence electrons. The van der Waals surface area contributed by atoms with Gasteiger partial charge < -0.3 is 5.11 Å². The van der Waals surface area contributed by atoms with Crippen molar-refractivity contribution in [1.82, 2.24) is 9.88 Å². The van der Waals surface area contributed by atoms with E-state index in [-0.39, 0.29) is 6.42 Å². The van der Waals surface area contributed by atoms with Crippen LogP contribution < -0.4 is 0 Å². The molecule has 1 aliphatic heterocycles. The lowest BCUT2D eigenvalue weighted by Crippen LogP contribution is -2.41. The van der Waals surface area contributed by atoms with Crippen LogP contribution in [0.5, 0.6) is 0 Å². The van der Waals surface area contributed by atoms with E-state index in [0.717, 1.165) is 24.4 Å². The largest absolute Gasteiger partial charge is 0.481 e. The third-order valence-corrected chi connectivity index (χ3v) is 5.10. The van der Waals surface area contributed by atoms with E-state index in [1.807, 2.05) is 6.92 Å². The number of aryl methyl sites for hydroxylation is 2. The number of rotatable bonds is 5. The highest BCUT2D eigenvalue weighted by molar-refractivity contribution is 7.11. The predicted molar refractivity (Wildman–Crippen MR) is 81.2 cm³/mol. The van der Waals surface area contributed by atoms with Crippen LogP contribution in [0.3, 0.4) is 0 Å². The van der Waals surface area contributed by atoms with Gasteiger partial charge in [-0.05, 0) is 46.6 Å². The van der Waals surface area contributed by atoms with Gasteiger partial charge in [-0.25, -0.2) is 4.98 Å². The molecule has 1 saturated heterocycles. The average Bonchev–Trinajstić information content (AvgIpc) is 2.75. The first-order valence-electron chi connectivity index (χ1n) is 7.40. The van der Waals surface area contributed by atoms with E-state index >= 15 is 0 Å². The second kappa shape index (κ2) is 6.68. The van der Waals surface area contributed by atoms with Crippen LogP contribution >= 0.6 is 11.3 Å². The lowest BCUT2D eigenvalue weighted by Gasteiger charge is -2.39. The Morgan fingerprint density at radius 2 is 2.25 bits per heavy atom. The monoisotopic (exact) mass is 296 g/mol. The number of hydrogen-bond donors (Lipinski definition) is 1. The maximum Gasteiger partial charge on any atom is 0.303 e. The maximum atomic E-state index is 10.8. The second-order valence-electron chi connectivity index (χ2n) is 5.67. The lowest BCUT2D eigenvalue weighted by atomic mass is 9.95. The predicted octanol–water partition coefficient (Wildman–Crippen LogP) is 3.54. The third-order valence-electron chi connectivity index (χ3n) is 4.20. The summed E-state index contributed by atoms with van der Waals surface area (Å²) in [7, 11) is 0. The molecular weight excluding hydrogens is 272 g/mol. The molecular formula is C15H24N2O2S. The molecule has 1 aliphatic rings. The molecule has 4 nitrogen and oxygen atoms in total. The Labute approximate surface area is 124 Å². The molecule has 0 amide bonds. The van der Waals surface area contributed by atoms with Crippen molar-refractivity contribution in [2.24, 2.45) is 0 Å². The third kappa shape index (κ3) is 3.58. The van der Waals surface area contributed by atoms with Crippen LogP contribution in [-0.4, -0.2) is 33.5 Å². The molecule has 0 saturated carbocycles. The van der Waals surface area contributed by atoms with Crippen molar-refractivity contribution in [2.75, 3.05) is 6.54 Å². The number of carboxylic acids is 1. The molecule has 2 rings (SSSR count). The summed E-state index contributed by atoms with van der Waals surface area (Å²) in [6.45, 7) is 7.45. The van der Waals surface area contributed by atoms with Gasteiger partial charge in [-0.2, -0.15) is 0 Å². The Morgan fingerprint density at radius 3 is 2.85 bits per heavy atom. The zero-order valence-electron chi connectivity index (χ0n) is 12.6. The van der Waals surface area contributed by atoms with E-state index < -0.39 is 5.97 Å². The van der Waals surface area contributed by atoms with Gasteiger partial charge in [-0.1, -0.05) is 6.42 Å². The first-order valence-corrected chi connectivity index (χ1v) is 8.22. The summed E-state index contributed by atoms with van der Waals surface area (Å²) in [4.78, 5) is 19.2. The van der Waals surface area contributed by atoms with Gasteiger partial charge in [0.1, 0.15) is 0 Å². The van der Waals surface area contributed by atoms with Crippen LogP contribution in [0.2, 0.25) is 0 Å². The summed E-state index contributed by atoms with van der Waals surface area (Å²) in [6.07, 6.45) is 4.54. The molecule has 0 spiro atoms. The quantitative estimate of drug-likeness (QED) is 0.903. The fourth-order valence-electron chi connectivity index (χ4n) is 3.22. The van der Waals surface area contributed by atoms with Crippen LogP contribution in [0.1, 0.15) is 60.6 Å². The molecule has 5 heteroatoms. The molecule has 20 heavy (non-hydrogen) atoms. The molecule has 1 N–H and O–H groups in total. The summed E-state index contributed by atoms with van der Waals surface area (Å²) in [5.74, 6) is -0.691. The summed E-state index contributed by atoms with van der Waals surface area (Å²) >= 11 is 1.75. The topological polar surface area (TPSA) is 53.4 Å². The number of hydrogen-bond acceptors (Lipinski definition) is 4. The summed E-state index contributed by atoms with van der Waals surface area (Å²) in [5.41, 5.74) is 1.18. The number of likely N-dealkylation sites (tertiary alicyclic amines) is 1. The highest BCUT2D eigenvalue weighted by Gasteiger charge is 2.29. The van der Waals surface area contributed by atoms with Crippen molar-refractivity contribution >= 4 is 17.3 Å². The fraction of sp³-hybridized carbons (Fsp3) is 0.733. The number of piperidine rings is 1. The van der Waals surface area contributed by atoms with Crippen LogP contribution in [-0.2, 0) is 4.79 Å². The van der Waals surface area contributed by atoms with Gasteiger partial charge in [0.25, 0.3) is 0 Å². The zero-order valence-corrected chi connectivity index (χ0v) is 13.4. The smallest absolute Gasteiger partial charge is 0.303 e. The normalized spacial score (nSPS) is 21.9. The van der Waals surface area contributed by atoms with Crippen molar-refractivity contribution in [3.05, 3.63) is 15.6 Å². The van der Waals surface area contributed by atoms with E-state index in [9.17, 15) is 4.79 Å². The van der Waals surface area contributed by atoms with Crippen LogP contribution in [0.25, 0.3) is 0 Å². The van der Waals surface area contributed by atoms with Crippen LogP contribution in [0, 0.1) is 13.8 Å². The zero-order chi connectivity index (χ0) is 14.7. The standard InChI is InChI=1S/C15H24N2O2S/c1-10(15-11(2)20-12(3)16-15)17-9-5-4-6-13(17)7-8-14(18)19/h10,13H,4-9H2,1-3H3,(H,18,19). The minimum Gasteiger partial charge on any atom is -0.481 e. The highest BCUT2D eigenvalue weighted by atomic mass is 32.1. The fourth-order valence-corrected chi connectivity index (χ4v) is 4.13. The van der Waals surface area contributed by atoms with Crippen molar-refractivity contribution in [3.8, 4) is 0 Å². The molecule has 0 radical (unpaired) electrons. The van der Waals surface area contributed by atoms with Gasteiger partial charge in [0, 0.05) is 17.3 Å². The first kappa shape index (κ1) is 15.4. The van der Waals surface area contributed by atoms with Crippen LogP contribution in [0.15, 0.2) is 0 Å². The van der Waals surface area contributed by atoms with Gasteiger partial charge in [0.05, 0.1) is 16.7 Å². The van der Waals surface area contributed by atoms with Gasteiger partial charge in [0.2, 0.25) is 0 Å². The Bertz CT molecular complexity index is 472. The minimum absolute atomic E-state index is 0.267. The van der Waals surface area contributed by atoms with E-state index in [4.69, 9.17) is 5.11 Å². The average molecular weight is 296 g/mol. The van der Waals surface area contributed by atoms with Crippen molar-refractivity contribution in [2.45, 2.75) is 65.0 Å². The molecule has 2 unspecified atom stereocenters. The van der Waals surface area contributed by atoms with Crippen molar-refractivity contribution < 1.29 is 9.90 Å². The van der Waals surface area contributed by atoms with Gasteiger partial charge in [-0.3, -0.25) is 9.69 Å². The number of carbonyl (C=O) groups is 1. The maximum absolute atomic E-state index is 10.8. The van der Waals surface area contributed by atoms with Gasteiger partial charge in [0.15, 0.2) is 0 Å². The lowest BCUT2D eigenvalue weighted by molar-refractivity contribution is -0.137. The number of nitrogens with zero attached hydrogens (tertiary/aromatic N) is 2. The highest BCUT2D eigenvalue weighted by Crippen LogP contribution is 2.33. The number of aliphatic carboxylic acids is 1. The van der Waals surface area contributed by atoms with E-state index in [1.54, 1.807) is 11.3 Å². The Morgan fingerprint density at radius 1 is 1.50 bits per heavy atom. The number of carboxylic acid groups (broad SMARTS) is 1. The second-order valence-corrected chi connectivity index (χ2v) is 7.08. The number of aromatic nitrogens is 1. The molecule has 1 fully saturated rings. The molecule has 0 bridgehead atoms. The Balaban J connectivity index is 2.10. The summed E-state index contributed by atoms with van der Waals surface area (Å²) in [5, 5.41) is 10.0. The van der Waals surface area contributed by atoms with Crippen molar-refractivity contribution in [1.29, 1.82) is 0 Å². The summed E-state index contributed by atoms with van der Waals surface area (Å²) < 4.78 is 0. The molecule has 2 heterocycles. The van der Waals surface area contributed by atoms with Crippen molar-refractivity contribution in [3.63, 3.8) is 0 Å². The van der Waals surface area contributed by atoms with Gasteiger partial charge >= 0.3 is 5.97 Å². The van der Waals surface area contributed by atoms with Gasteiger partial charge in [-0.15, -0.1) is 11.3 Å². The molecule has 0 aliphatic carbocycles. The first-order chi connectivity index (χ1) is 9.49. The number of thiazole rings is 1. The molecule has 2 atom stereocenters. The van der Waals surface area contributed by atoms with E-state index in [2.05, 4.69) is 23.7 Å². The van der Waals surface area contributed by atoms with Crippen LogP contribution in [0.4, 0.5) is 0 Å². The Hall–Kier alpha value is -0.940. The Kier molecular flexibility index (Phi) is 5.16. The minimum atomic E-state index is -0.691. The SMILES string of the molecule is Cc1nc(C(C)N2CCCCC2CCC(=O)O)c(C)s1.